The number of aromatic nitrogens is 6. The highest BCUT2D eigenvalue weighted by atomic mass is 16.5. The molecular weight excluding hydrogens is 458 g/mol. The van der Waals surface area contributed by atoms with E-state index in [0.717, 1.165) is 62.8 Å². The summed E-state index contributed by atoms with van der Waals surface area (Å²) >= 11 is 0. The number of anilines is 2. The van der Waals surface area contributed by atoms with Gasteiger partial charge in [-0.05, 0) is 57.7 Å². The number of nitrogens with two attached hydrogens (primary N) is 1. The summed E-state index contributed by atoms with van der Waals surface area (Å²) in [5, 5.41) is 7.68. The zero-order valence-corrected chi connectivity index (χ0v) is 20.7. The number of hydrogen-bond donors (Lipinski definition) is 2. The molecule has 2 aliphatic heterocycles. The number of aryl methyl sites for hydroxylation is 1. The van der Waals surface area contributed by atoms with Crippen LogP contribution in [0.15, 0.2) is 24.7 Å². The smallest absolute Gasteiger partial charge is 0.247 e. The third kappa shape index (κ3) is 5.21. The van der Waals surface area contributed by atoms with E-state index in [9.17, 15) is 4.79 Å². The molecule has 0 saturated carbocycles. The summed E-state index contributed by atoms with van der Waals surface area (Å²) in [6.07, 6.45) is 10.5. The quantitative estimate of drug-likeness (QED) is 0.433. The van der Waals surface area contributed by atoms with Crippen molar-refractivity contribution in [3.8, 4) is 22.8 Å². The van der Waals surface area contributed by atoms with Gasteiger partial charge in [-0.25, -0.2) is 24.6 Å². The third-order valence-electron chi connectivity index (χ3n) is 6.60. The van der Waals surface area contributed by atoms with Crippen LogP contribution in [0.25, 0.3) is 22.8 Å². The van der Waals surface area contributed by atoms with E-state index in [1.807, 2.05) is 19.1 Å². The Kier molecular flexibility index (Phi) is 7.47. The molecular formula is C25H33N9O2. The van der Waals surface area contributed by atoms with Gasteiger partial charge in [-0.2, -0.15) is 0 Å². The van der Waals surface area contributed by atoms with E-state index in [0.29, 0.717) is 41.9 Å². The second kappa shape index (κ2) is 11.1. The minimum absolute atomic E-state index is 0.00146. The fourth-order valence-corrected chi connectivity index (χ4v) is 4.61. The average Bonchev–Trinajstić information content (AvgIpc) is 3.40. The van der Waals surface area contributed by atoms with Crippen LogP contribution in [0.3, 0.4) is 0 Å². The van der Waals surface area contributed by atoms with Crippen LogP contribution in [-0.2, 0) is 9.53 Å². The minimum Gasteiger partial charge on any atom is -0.358 e. The Morgan fingerprint density at radius 3 is 2.81 bits per heavy atom. The van der Waals surface area contributed by atoms with Crippen LogP contribution in [0.4, 0.5) is 11.6 Å². The molecule has 2 aliphatic rings. The summed E-state index contributed by atoms with van der Waals surface area (Å²) < 4.78 is 7.58. The monoisotopic (exact) mass is 491 g/mol. The number of nitrogens with one attached hydrogen (secondary N) is 1. The van der Waals surface area contributed by atoms with Gasteiger partial charge in [-0.3, -0.25) is 9.69 Å². The molecule has 5 rings (SSSR count). The topological polar surface area (TPSA) is 137 Å². The normalized spacial score (nSPS) is 17.7. The Bertz CT molecular complexity index is 1210. The zero-order chi connectivity index (χ0) is 24.9. The lowest BCUT2D eigenvalue weighted by molar-refractivity contribution is -0.117. The van der Waals surface area contributed by atoms with Crippen LogP contribution in [-0.4, -0.2) is 61.9 Å². The molecule has 0 aliphatic carbocycles. The fourth-order valence-electron chi connectivity index (χ4n) is 4.61. The van der Waals surface area contributed by atoms with Gasteiger partial charge in [0.2, 0.25) is 5.91 Å². The van der Waals surface area contributed by atoms with Gasteiger partial charge in [0.05, 0.1) is 18.4 Å². The number of hydrogen-bond acceptors (Lipinski definition) is 9. The summed E-state index contributed by atoms with van der Waals surface area (Å²) in [6, 6.07) is 3.85. The summed E-state index contributed by atoms with van der Waals surface area (Å²) in [5.41, 5.74) is 8.59. The number of amides is 1. The first-order valence-corrected chi connectivity index (χ1v) is 12.8. The highest BCUT2D eigenvalue weighted by Crippen LogP contribution is 2.31. The van der Waals surface area contributed by atoms with Crippen LogP contribution in [0.2, 0.25) is 0 Å². The van der Waals surface area contributed by atoms with Gasteiger partial charge in [-0.1, -0.05) is 12.8 Å². The zero-order valence-electron chi connectivity index (χ0n) is 20.7. The SMILES string of the molecule is Cc1nc(-c2ncn(C3CCCCO3)n2)ccc1-c1cnc2c(n1)N(CCCCCCN)C(=O)CN2. The van der Waals surface area contributed by atoms with Crippen molar-refractivity contribution in [2.45, 2.75) is 58.1 Å². The Morgan fingerprint density at radius 1 is 1.11 bits per heavy atom. The average molecular weight is 492 g/mol. The maximum absolute atomic E-state index is 12.6. The molecule has 36 heavy (non-hydrogen) atoms. The highest BCUT2D eigenvalue weighted by Gasteiger charge is 2.27. The molecule has 11 nitrogen and oxygen atoms in total. The number of carbonyl (C=O) groups is 1. The molecule has 3 aromatic heterocycles. The molecule has 1 amide bonds. The number of rotatable bonds is 9. The van der Waals surface area contributed by atoms with Gasteiger partial charge in [0.15, 0.2) is 23.7 Å². The Labute approximate surface area is 210 Å². The molecule has 3 aromatic rings. The number of unbranched alkanes of at least 4 members (excludes halogenated alkanes) is 3. The van der Waals surface area contributed by atoms with E-state index in [-0.39, 0.29) is 18.7 Å². The lowest BCUT2D eigenvalue weighted by atomic mass is 10.1. The lowest BCUT2D eigenvalue weighted by Gasteiger charge is -2.28. The van der Waals surface area contributed by atoms with Crippen molar-refractivity contribution in [3.05, 3.63) is 30.4 Å². The van der Waals surface area contributed by atoms with Crippen LogP contribution in [0, 0.1) is 6.92 Å². The summed E-state index contributed by atoms with van der Waals surface area (Å²) in [4.78, 5) is 33.0. The van der Waals surface area contributed by atoms with Crippen LogP contribution in [0.5, 0.6) is 0 Å². The van der Waals surface area contributed by atoms with E-state index in [1.54, 1.807) is 22.1 Å². The summed E-state index contributed by atoms with van der Waals surface area (Å²) in [6.45, 7) is 4.22. The van der Waals surface area contributed by atoms with Gasteiger partial charge < -0.3 is 15.8 Å². The molecule has 1 saturated heterocycles. The number of fused-ring (bicyclic) bond motifs is 1. The van der Waals surface area contributed by atoms with Gasteiger partial charge >= 0.3 is 0 Å². The molecule has 0 aromatic carbocycles. The number of nitrogens with zero attached hydrogens (tertiary/aromatic N) is 7. The van der Waals surface area contributed by atoms with Crippen molar-refractivity contribution in [2.75, 3.05) is 36.5 Å². The van der Waals surface area contributed by atoms with Crippen molar-refractivity contribution >= 4 is 17.5 Å². The second-order valence-corrected chi connectivity index (χ2v) is 9.23. The first-order chi connectivity index (χ1) is 17.6. The van der Waals surface area contributed by atoms with Gasteiger partial charge in [0, 0.05) is 24.4 Å². The molecule has 1 unspecified atom stereocenters. The van der Waals surface area contributed by atoms with Gasteiger partial charge in [-0.15, -0.1) is 5.10 Å². The van der Waals surface area contributed by atoms with E-state index < -0.39 is 0 Å². The van der Waals surface area contributed by atoms with E-state index in [2.05, 4.69) is 20.4 Å². The lowest BCUT2D eigenvalue weighted by Crippen LogP contribution is -2.41. The highest BCUT2D eigenvalue weighted by molar-refractivity contribution is 6.00. The fraction of sp³-hybridized carbons (Fsp3) is 0.520. The standard InChI is InChI=1S/C25H33N9O2/c1-17-18(9-10-19(30-17)23-29-16-34(32-23)22-8-4-7-13-36-22)20-14-27-24-25(31-20)33(21(35)15-28-24)12-6-3-2-5-11-26/h9-10,14,16,22H,2-8,11-13,15,26H2,1H3,(H,27,28). The molecule has 3 N–H and O–H groups in total. The molecule has 0 spiro atoms. The number of ether oxygens (including phenoxy) is 1. The van der Waals surface area contributed by atoms with E-state index >= 15 is 0 Å². The predicted molar refractivity (Wildman–Crippen MR) is 136 cm³/mol. The molecule has 1 fully saturated rings. The molecule has 0 bridgehead atoms. The number of carbonyl (C=O) groups excluding carboxylic acids is 1. The summed E-state index contributed by atoms with van der Waals surface area (Å²) in [7, 11) is 0. The molecule has 5 heterocycles. The Balaban J connectivity index is 1.35. The maximum atomic E-state index is 12.6. The van der Waals surface area contributed by atoms with E-state index in [4.69, 9.17) is 20.4 Å². The van der Waals surface area contributed by atoms with Crippen molar-refractivity contribution in [2.24, 2.45) is 5.73 Å². The first kappa shape index (κ1) is 24.3. The molecule has 11 heteroatoms. The summed E-state index contributed by atoms with van der Waals surface area (Å²) in [5.74, 6) is 1.76. The van der Waals surface area contributed by atoms with Gasteiger partial charge in [0.1, 0.15) is 12.0 Å². The van der Waals surface area contributed by atoms with Crippen LogP contribution in [0.1, 0.15) is 56.9 Å². The first-order valence-electron chi connectivity index (χ1n) is 12.8. The number of pyridine rings is 1. The van der Waals surface area contributed by atoms with Crippen molar-refractivity contribution in [1.29, 1.82) is 0 Å². The van der Waals surface area contributed by atoms with Crippen LogP contribution < -0.4 is 16.0 Å². The van der Waals surface area contributed by atoms with Crippen LogP contribution >= 0.6 is 0 Å². The van der Waals surface area contributed by atoms with Gasteiger partial charge in [0.25, 0.3) is 0 Å². The van der Waals surface area contributed by atoms with E-state index in [1.165, 1.54) is 0 Å². The minimum atomic E-state index is -0.0638. The van der Waals surface area contributed by atoms with Crippen molar-refractivity contribution in [3.63, 3.8) is 0 Å². The predicted octanol–water partition coefficient (Wildman–Crippen LogP) is 3.08. The van der Waals surface area contributed by atoms with Crippen molar-refractivity contribution in [1.82, 2.24) is 29.7 Å². The second-order valence-electron chi connectivity index (χ2n) is 9.23. The largest absolute Gasteiger partial charge is 0.358 e. The Hall–Kier alpha value is -3.44. The molecule has 1 atom stereocenters. The van der Waals surface area contributed by atoms with Crippen molar-refractivity contribution < 1.29 is 9.53 Å². The molecule has 190 valence electrons. The Morgan fingerprint density at radius 2 is 2.00 bits per heavy atom. The maximum Gasteiger partial charge on any atom is 0.247 e. The molecule has 0 radical (unpaired) electrons. The third-order valence-corrected chi connectivity index (χ3v) is 6.60.